The first-order valence-corrected chi connectivity index (χ1v) is 4.49. The molecule has 0 amide bonds. The zero-order valence-corrected chi connectivity index (χ0v) is 9.13. The number of nitrogens with zero attached hydrogens (tertiary/aromatic N) is 2. The normalized spacial score (nSPS) is 21.4. The number of rotatable bonds is 2. The largest absolute Gasteiger partial charge is 1.00 e. The summed E-state index contributed by atoms with van der Waals surface area (Å²) in [6.07, 6.45) is 4.52. The summed E-state index contributed by atoms with van der Waals surface area (Å²) in [4.78, 5) is 0. The molecule has 0 aliphatic carbocycles. The van der Waals surface area contributed by atoms with Gasteiger partial charge in [0.05, 0.1) is 6.21 Å². The molecular weight excluding hydrogens is 246 g/mol. The number of quaternary nitrogens is 1. The van der Waals surface area contributed by atoms with E-state index >= 15 is 0 Å². The summed E-state index contributed by atoms with van der Waals surface area (Å²) in [7, 11) is -0.359. The van der Waals surface area contributed by atoms with Gasteiger partial charge in [0, 0.05) is 20.2 Å². The van der Waals surface area contributed by atoms with Gasteiger partial charge in [0.1, 0.15) is 6.20 Å². The molecule has 0 radical (unpaired) electrons. The van der Waals surface area contributed by atoms with Crippen LogP contribution in [0, 0.1) is 0 Å². The van der Waals surface area contributed by atoms with Gasteiger partial charge >= 0.3 is 10.2 Å². The van der Waals surface area contributed by atoms with E-state index in [-0.39, 0.29) is 21.4 Å². The van der Waals surface area contributed by atoms with Crippen molar-refractivity contribution in [2.45, 2.75) is 0 Å². The molecule has 0 aromatic rings. The summed E-state index contributed by atoms with van der Waals surface area (Å²) in [5, 5.41) is 3.68. The van der Waals surface area contributed by atoms with Crippen LogP contribution in [0.15, 0.2) is 17.4 Å². The molecule has 1 N–H and O–H groups in total. The highest BCUT2D eigenvalue weighted by Crippen LogP contribution is 1.84. The Morgan fingerprint density at radius 3 is 2.33 bits per heavy atom. The lowest BCUT2D eigenvalue weighted by molar-refractivity contribution is -0.713. The third-order valence-corrected chi connectivity index (χ3v) is 3.00. The van der Waals surface area contributed by atoms with E-state index in [2.05, 4.69) is 5.10 Å². The Morgan fingerprint density at radius 1 is 1.42 bits per heavy atom. The first-order chi connectivity index (χ1) is 5.05. The molecule has 0 aromatic carbocycles. The van der Waals surface area contributed by atoms with Crippen LogP contribution in [0.2, 0.25) is 0 Å². The molecule has 5 nitrogen and oxygen atoms in total. The van der Waals surface area contributed by atoms with Crippen molar-refractivity contribution < 1.29 is 29.8 Å². The van der Waals surface area contributed by atoms with Crippen molar-refractivity contribution in [2.24, 2.45) is 5.10 Å². The fourth-order valence-electron chi connectivity index (χ4n) is 0.625. The molecule has 7 heteroatoms. The van der Waals surface area contributed by atoms with Gasteiger partial charge in [0.2, 0.25) is 0 Å². The summed E-state index contributed by atoms with van der Waals surface area (Å²) >= 11 is 0. The molecule has 1 aliphatic heterocycles. The lowest BCUT2D eigenvalue weighted by Crippen LogP contribution is -3.05. The number of hydrogen-bond acceptors (Lipinski definition) is 3. The van der Waals surface area contributed by atoms with Crippen molar-refractivity contribution in [3.05, 3.63) is 12.3 Å². The highest BCUT2D eigenvalue weighted by Gasteiger charge is 2.27. The summed E-state index contributed by atoms with van der Waals surface area (Å²) in [5.74, 6) is 0. The Kier molecular flexibility index (Phi) is 4.04. The second-order valence-corrected chi connectivity index (χ2v) is 4.36. The van der Waals surface area contributed by atoms with Crippen LogP contribution in [-0.4, -0.2) is 33.0 Å². The monoisotopic (exact) mass is 255 g/mol. The van der Waals surface area contributed by atoms with Crippen LogP contribution in [0.4, 0.5) is 0 Å². The van der Waals surface area contributed by atoms with Crippen molar-refractivity contribution >= 4 is 16.4 Å². The molecule has 1 rings (SSSR count). The van der Waals surface area contributed by atoms with E-state index in [0.717, 1.165) is 4.31 Å². The van der Waals surface area contributed by atoms with Gasteiger partial charge in [-0.05, 0) is 0 Å². The summed E-state index contributed by atoms with van der Waals surface area (Å²) < 4.78 is 23.7. The Labute approximate surface area is 82.3 Å². The SMILES string of the molecule is CN(C)S(=O)(=O)[NH+]1C=CC=N1.[Br-]. The van der Waals surface area contributed by atoms with E-state index in [4.69, 9.17) is 0 Å². The minimum Gasteiger partial charge on any atom is -1.00 e. The van der Waals surface area contributed by atoms with Crippen LogP contribution in [0.5, 0.6) is 0 Å². The predicted octanol–water partition coefficient (Wildman–Crippen LogP) is -4.81. The van der Waals surface area contributed by atoms with E-state index < -0.39 is 10.2 Å². The first-order valence-electron chi connectivity index (χ1n) is 3.05. The maximum Gasteiger partial charge on any atom is 0.399 e. The van der Waals surface area contributed by atoms with Crippen molar-refractivity contribution in [1.82, 2.24) is 4.31 Å². The third-order valence-electron chi connectivity index (χ3n) is 1.27. The summed E-state index contributed by atoms with van der Waals surface area (Å²) in [6, 6.07) is 0. The lowest BCUT2D eigenvalue weighted by atomic mass is 10.7. The maximum atomic E-state index is 11.3. The average Bonchev–Trinajstić information content (AvgIpc) is 2.37. The molecule has 0 spiro atoms. The predicted molar refractivity (Wildman–Crippen MR) is 41.2 cm³/mol. The molecule has 1 aliphatic rings. The Morgan fingerprint density at radius 2 is 2.00 bits per heavy atom. The van der Waals surface area contributed by atoms with Crippen molar-refractivity contribution in [2.75, 3.05) is 14.1 Å². The maximum absolute atomic E-state index is 11.3. The average molecular weight is 256 g/mol. The van der Waals surface area contributed by atoms with Crippen LogP contribution >= 0.6 is 0 Å². The molecule has 70 valence electrons. The second-order valence-electron chi connectivity index (χ2n) is 2.26. The van der Waals surface area contributed by atoms with Gasteiger partial charge in [-0.2, -0.15) is 12.7 Å². The number of hydrogen-bond donors (Lipinski definition) is 1. The topological polar surface area (TPSA) is 54.2 Å². The van der Waals surface area contributed by atoms with E-state index in [9.17, 15) is 8.42 Å². The number of allylic oxidation sites excluding steroid dienone is 1. The fraction of sp³-hybridized carbons (Fsp3) is 0.400. The van der Waals surface area contributed by atoms with Crippen molar-refractivity contribution in [1.29, 1.82) is 0 Å². The second kappa shape index (κ2) is 4.13. The molecule has 0 saturated heterocycles. The van der Waals surface area contributed by atoms with Crippen LogP contribution in [-0.2, 0) is 10.2 Å². The molecule has 0 saturated carbocycles. The summed E-state index contributed by atoms with van der Waals surface area (Å²) in [6.45, 7) is 0. The molecule has 0 bridgehead atoms. The van der Waals surface area contributed by atoms with Gasteiger partial charge in [0.25, 0.3) is 0 Å². The van der Waals surface area contributed by atoms with Crippen LogP contribution in [0.1, 0.15) is 0 Å². The third kappa shape index (κ3) is 2.13. The first kappa shape index (κ1) is 11.8. The fourth-order valence-corrected chi connectivity index (χ4v) is 1.44. The molecule has 1 heterocycles. The molecule has 12 heavy (non-hydrogen) atoms. The van der Waals surface area contributed by atoms with Crippen LogP contribution in [0.25, 0.3) is 0 Å². The van der Waals surface area contributed by atoms with Gasteiger partial charge in [-0.3, -0.25) is 0 Å². The van der Waals surface area contributed by atoms with Gasteiger partial charge in [-0.1, -0.05) is 9.52 Å². The molecule has 0 aromatic heterocycles. The van der Waals surface area contributed by atoms with E-state index in [1.165, 1.54) is 26.5 Å². The lowest BCUT2D eigenvalue weighted by Gasteiger charge is -2.10. The Balaban J connectivity index is 0.00000121. The van der Waals surface area contributed by atoms with Gasteiger partial charge in [0.15, 0.2) is 0 Å². The molecule has 1 unspecified atom stereocenters. The van der Waals surface area contributed by atoms with Gasteiger partial charge in [-0.15, -0.1) is 0 Å². The van der Waals surface area contributed by atoms with E-state index in [0.29, 0.717) is 0 Å². The summed E-state index contributed by atoms with van der Waals surface area (Å²) in [5.41, 5.74) is 0. The quantitative estimate of drug-likeness (QED) is 0.539. The number of nitrogens with one attached hydrogen (secondary N) is 1. The van der Waals surface area contributed by atoms with Gasteiger partial charge < -0.3 is 17.0 Å². The van der Waals surface area contributed by atoms with Crippen molar-refractivity contribution in [3.8, 4) is 0 Å². The molecule has 0 fully saturated rings. The van der Waals surface area contributed by atoms with E-state index in [1.54, 1.807) is 6.08 Å². The highest BCUT2D eigenvalue weighted by molar-refractivity contribution is 7.82. The van der Waals surface area contributed by atoms with Crippen molar-refractivity contribution in [3.63, 3.8) is 0 Å². The van der Waals surface area contributed by atoms with Gasteiger partial charge in [-0.25, -0.2) is 0 Å². The molecule has 1 atom stereocenters. The standard InChI is InChI=1S/C5H9N3O2S.BrH/c1-7(2)11(9,10)8-5-3-4-6-8;/h3-5H,1-2H3;1H. The zero-order valence-electron chi connectivity index (χ0n) is 6.73. The minimum absolute atomic E-state index is 0. The van der Waals surface area contributed by atoms with E-state index in [1.807, 2.05) is 0 Å². The van der Waals surface area contributed by atoms with Crippen LogP contribution < -0.4 is 21.4 Å². The Bertz CT molecular complexity index is 284. The van der Waals surface area contributed by atoms with Crippen LogP contribution in [0.3, 0.4) is 0 Å². The molecular formula is C5H10BrN3O2S. The smallest absolute Gasteiger partial charge is 0.399 e. The highest BCUT2D eigenvalue weighted by atomic mass is 79.9. The Hall–Kier alpha value is -0.240. The zero-order chi connectivity index (χ0) is 8.48. The minimum atomic E-state index is -3.31. The number of halogens is 1.